The van der Waals surface area contributed by atoms with Gasteiger partial charge in [-0.1, -0.05) is 42.5 Å². The number of nitrogen functional groups attached to an aromatic ring is 1. The molecule has 0 radical (unpaired) electrons. The summed E-state index contributed by atoms with van der Waals surface area (Å²) < 4.78 is 7.77. The third kappa shape index (κ3) is 5.50. The number of carbonyl (C=O) groups is 2. The van der Waals surface area contributed by atoms with E-state index in [2.05, 4.69) is 27.4 Å². The summed E-state index contributed by atoms with van der Waals surface area (Å²) in [6.07, 6.45) is 5.41. The number of benzene rings is 2. The van der Waals surface area contributed by atoms with Gasteiger partial charge in [-0.25, -0.2) is 4.79 Å². The highest BCUT2D eigenvalue weighted by atomic mass is 16.5. The maximum absolute atomic E-state index is 14.1. The summed E-state index contributed by atoms with van der Waals surface area (Å²) in [5, 5.41) is 8.96. The SMILES string of the molecule is CCOC(=O)C(c1ccccc1)N1CCC[C@@H]1C(=O)N1CCC[C@H]1CCc1cc2ccc(C(=N)N)cc2n1CC. The van der Waals surface area contributed by atoms with Gasteiger partial charge in [0, 0.05) is 42.5 Å². The number of hydrogen-bond acceptors (Lipinski definition) is 5. The Morgan fingerprint density at radius 2 is 1.82 bits per heavy atom. The molecule has 3 N–H and O–H groups in total. The Morgan fingerprint density at radius 3 is 2.55 bits per heavy atom. The van der Waals surface area contributed by atoms with E-state index in [1.165, 1.54) is 5.69 Å². The average molecular weight is 544 g/mol. The van der Waals surface area contributed by atoms with Crippen LogP contribution in [0.25, 0.3) is 10.9 Å². The molecule has 2 aromatic carbocycles. The second-order valence-corrected chi connectivity index (χ2v) is 10.9. The van der Waals surface area contributed by atoms with E-state index in [0.717, 1.165) is 73.6 Å². The fraction of sp³-hybridized carbons (Fsp3) is 0.469. The molecule has 0 spiro atoms. The minimum Gasteiger partial charge on any atom is -0.465 e. The Hall–Kier alpha value is -3.65. The molecule has 2 saturated heterocycles. The van der Waals surface area contributed by atoms with E-state index < -0.39 is 6.04 Å². The van der Waals surface area contributed by atoms with Gasteiger partial charge in [-0.3, -0.25) is 15.1 Å². The standard InChI is InChI=1S/C32H41N5O3/c1-3-35-26(20-23-14-15-24(30(33)34)21-28(23)35)17-16-25-12-8-18-36(25)31(38)27-13-9-19-37(27)29(32(39)40-4-2)22-10-6-5-7-11-22/h5-7,10-11,14-15,20-21,25,27,29H,3-4,8-9,12-13,16-19H2,1-2H3,(H3,33,34)/t25-,27+,29?/m0/s1. The van der Waals surface area contributed by atoms with E-state index >= 15 is 0 Å². The first-order chi connectivity index (χ1) is 19.4. The van der Waals surface area contributed by atoms with Crippen molar-refractivity contribution in [1.29, 1.82) is 5.41 Å². The zero-order valence-electron chi connectivity index (χ0n) is 23.6. The maximum Gasteiger partial charge on any atom is 0.328 e. The van der Waals surface area contributed by atoms with Gasteiger partial charge in [-0.05, 0) is 75.5 Å². The van der Waals surface area contributed by atoms with Crippen LogP contribution < -0.4 is 5.73 Å². The molecule has 0 saturated carbocycles. The van der Waals surface area contributed by atoms with E-state index in [1.807, 2.05) is 55.5 Å². The predicted octanol–water partition coefficient (Wildman–Crippen LogP) is 4.64. The second kappa shape index (κ2) is 12.3. The zero-order valence-corrected chi connectivity index (χ0v) is 23.6. The van der Waals surface area contributed by atoms with Gasteiger partial charge >= 0.3 is 5.97 Å². The molecule has 2 aliphatic heterocycles. The number of hydrogen-bond donors (Lipinski definition) is 2. The van der Waals surface area contributed by atoms with Crippen molar-refractivity contribution in [3.8, 4) is 0 Å². The molecule has 8 heteroatoms. The number of amides is 1. The average Bonchev–Trinajstić information content (AvgIpc) is 3.70. The number of ether oxygens (including phenoxy) is 1. The van der Waals surface area contributed by atoms with E-state index in [4.69, 9.17) is 15.9 Å². The first kappa shape index (κ1) is 27.9. The predicted molar refractivity (Wildman–Crippen MR) is 157 cm³/mol. The highest BCUT2D eigenvalue weighted by Gasteiger charge is 2.43. The van der Waals surface area contributed by atoms with Crippen LogP contribution in [0.4, 0.5) is 0 Å². The molecule has 3 heterocycles. The van der Waals surface area contributed by atoms with Crippen LogP contribution in [0.3, 0.4) is 0 Å². The molecule has 1 unspecified atom stereocenters. The number of aromatic nitrogens is 1. The van der Waals surface area contributed by atoms with E-state index in [9.17, 15) is 9.59 Å². The van der Waals surface area contributed by atoms with E-state index in [-0.39, 0.29) is 29.8 Å². The number of likely N-dealkylation sites (tertiary alicyclic amines) is 2. The van der Waals surface area contributed by atoms with E-state index in [1.54, 1.807) is 0 Å². The van der Waals surface area contributed by atoms with Gasteiger partial charge in [0.1, 0.15) is 11.9 Å². The smallest absolute Gasteiger partial charge is 0.328 e. The number of rotatable bonds is 10. The van der Waals surface area contributed by atoms with Crippen LogP contribution in [0.2, 0.25) is 0 Å². The summed E-state index contributed by atoms with van der Waals surface area (Å²) in [5.74, 6) is -0.0649. The van der Waals surface area contributed by atoms with E-state index in [0.29, 0.717) is 13.2 Å². The Labute approximate surface area is 236 Å². The molecule has 0 aliphatic carbocycles. The van der Waals surface area contributed by atoms with Crippen LogP contribution in [0.1, 0.15) is 68.8 Å². The number of nitrogens with two attached hydrogens (primary N) is 1. The van der Waals surface area contributed by atoms with Crippen LogP contribution in [0.15, 0.2) is 54.6 Å². The van der Waals surface area contributed by atoms with Crippen LogP contribution in [-0.4, -0.2) is 63.9 Å². The number of nitrogens with zero attached hydrogens (tertiary/aromatic N) is 3. The van der Waals surface area contributed by atoms with Gasteiger partial charge in [0.25, 0.3) is 0 Å². The summed E-state index contributed by atoms with van der Waals surface area (Å²) in [6, 6.07) is 17.2. The summed E-state index contributed by atoms with van der Waals surface area (Å²) in [7, 11) is 0. The monoisotopic (exact) mass is 543 g/mol. The number of esters is 1. The summed E-state index contributed by atoms with van der Waals surface area (Å²) in [5.41, 5.74) is 9.68. The summed E-state index contributed by atoms with van der Waals surface area (Å²) >= 11 is 0. The van der Waals surface area contributed by atoms with Crippen molar-refractivity contribution < 1.29 is 14.3 Å². The van der Waals surface area contributed by atoms with Crippen LogP contribution >= 0.6 is 0 Å². The first-order valence-electron chi connectivity index (χ1n) is 14.7. The molecule has 40 heavy (non-hydrogen) atoms. The lowest BCUT2D eigenvalue weighted by Gasteiger charge is -2.35. The summed E-state index contributed by atoms with van der Waals surface area (Å²) in [4.78, 5) is 31.3. The quantitative estimate of drug-likeness (QED) is 0.220. The highest BCUT2D eigenvalue weighted by molar-refractivity contribution is 5.98. The van der Waals surface area contributed by atoms with Gasteiger partial charge < -0.3 is 19.9 Å². The molecule has 0 bridgehead atoms. The van der Waals surface area contributed by atoms with Gasteiger partial charge in [-0.2, -0.15) is 0 Å². The largest absolute Gasteiger partial charge is 0.465 e. The first-order valence-corrected chi connectivity index (χ1v) is 14.7. The molecule has 2 aliphatic rings. The van der Waals surface area contributed by atoms with Crippen molar-refractivity contribution in [3.63, 3.8) is 0 Å². The topological polar surface area (TPSA) is 105 Å². The lowest BCUT2D eigenvalue weighted by atomic mass is 10.0. The molecular formula is C32H41N5O3. The molecule has 1 aromatic heterocycles. The van der Waals surface area contributed by atoms with Gasteiger partial charge in [0.05, 0.1) is 12.6 Å². The minimum absolute atomic E-state index is 0.0748. The van der Waals surface area contributed by atoms with Crippen molar-refractivity contribution in [2.45, 2.75) is 77.0 Å². The molecule has 8 nitrogen and oxygen atoms in total. The van der Waals surface area contributed by atoms with Crippen LogP contribution in [0.5, 0.6) is 0 Å². The summed E-state index contributed by atoms with van der Waals surface area (Å²) in [6.45, 7) is 6.57. The minimum atomic E-state index is -0.571. The van der Waals surface area contributed by atoms with Crippen LogP contribution in [-0.2, 0) is 27.3 Å². The number of fused-ring (bicyclic) bond motifs is 1. The Bertz CT molecular complexity index is 1370. The van der Waals surface area contributed by atoms with Crippen molar-refractivity contribution in [3.05, 3.63) is 71.4 Å². The molecular weight excluding hydrogens is 502 g/mol. The lowest BCUT2D eigenvalue weighted by molar-refractivity contribution is -0.152. The number of nitrogens with one attached hydrogen (secondary N) is 1. The number of carbonyl (C=O) groups excluding carboxylic acids is 2. The van der Waals surface area contributed by atoms with Crippen molar-refractivity contribution in [2.24, 2.45) is 5.73 Å². The zero-order chi connectivity index (χ0) is 28.2. The molecule has 3 aromatic rings. The lowest BCUT2D eigenvalue weighted by Crippen LogP contribution is -2.50. The Kier molecular flexibility index (Phi) is 8.54. The number of aryl methyl sites for hydroxylation is 2. The third-order valence-electron chi connectivity index (χ3n) is 8.55. The molecule has 5 rings (SSSR count). The Balaban J connectivity index is 1.33. The van der Waals surface area contributed by atoms with Gasteiger partial charge in [-0.15, -0.1) is 0 Å². The molecule has 1 amide bonds. The normalized spacial score (nSPS) is 20.2. The van der Waals surface area contributed by atoms with Gasteiger partial charge in [0.15, 0.2) is 0 Å². The van der Waals surface area contributed by atoms with Crippen molar-refractivity contribution in [2.75, 3.05) is 19.7 Å². The van der Waals surface area contributed by atoms with Crippen molar-refractivity contribution in [1.82, 2.24) is 14.4 Å². The van der Waals surface area contributed by atoms with Crippen molar-refractivity contribution >= 4 is 28.6 Å². The Morgan fingerprint density at radius 1 is 1.05 bits per heavy atom. The van der Waals surface area contributed by atoms with Gasteiger partial charge in [0.2, 0.25) is 5.91 Å². The third-order valence-corrected chi connectivity index (χ3v) is 8.55. The highest BCUT2D eigenvalue weighted by Crippen LogP contribution is 2.34. The molecule has 3 atom stereocenters. The second-order valence-electron chi connectivity index (χ2n) is 10.9. The fourth-order valence-electron chi connectivity index (χ4n) is 6.67. The van der Waals surface area contributed by atoms with Crippen LogP contribution in [0, 0.1) is 5.41 Å². The fourth-order valence-corrected chi connectivity index (χ4v) is 6.67. The maximum atomic E-state index is 14.1. The molecule has 212 valence electrons. The molecule has 2 fully saturated rings. The number of amidine groups is 1.